The van der Waals surface area contributed by atoms with E-state index in [-0.39, 0.29) is 6.10 Å². The fraction of sp³-hybridized carbons (Fsp3) is 0.455. The molecule has 1 N–H and O–H groups in total. The number of aliphatic hydroxyl groups is 1. The maximum absolute atomic E-state index is 9.73. The van der Waals surface area contributed by atoms with Crippen LogP contribution in [0.2, 0.25) is 0 Å². The molecule has 0 bridgehead atoms. The van der Waals surface area contributed by atoms with Gasteiger partial charge in [-0.1, -0.05) is 46.3 Å². The summed E-state index contributed by atoms with van der Waals surface area (Å²) < 4.78 is 0. The third-order valence-corrected chi connectivity index (χ3v) is 2.61. The molecule has 0 spiro atoms. The van der Waals surface area contributed by atoms with E-state index in [1.54, 1.807) is 0 Å². The van der Waals surface area contributed by atoms with Crippen LogP contribution in [0.5, 0.6) is 0 Å². The van der Waals surface area contributed by atoms with Crippen molar-refractivity contribution in [2.24, 2.45) is 0 Å². The van der Waals surface area contributed by atoms with Crippen molar-refractivity contribution in [3.63, 3.8) is 0 Å². The van der Waals surface area contributed by atoms with E-state index in [0.717, 1.165) is 30.2 Å². The largest absolute Gasteiger partial charge is 0.388 e. The van der Waals surface area contributed by atoms with E-state index in [0.29, 0.717) is 0 Å². The molecule has 0 aliphatic heterocycles. The van der Waals surface area contributed by atoms with E-state index < -0.39 is 0 Å². The summed E-state index contributed by atoms with van der Waals surface area (Å²) in [6.45, 7) is 0. The van der Waals surface area contributed by atoms with Gasteiger partial charge in [0.25, 0.3) is 0 Å². The molecule has 1 atom stereocenters. The minimum Gasteiger partial charge on any atom is -0.388 e. The van der Waals surface area contributed by atoms with Crippen LogP contribution in [-0.4, -0.2) is 10.4 Å². The minimum atomic E-state index is -0.291. The van der Waals surface area contributed by atoms with E-state index in [4.69, 9.17) is 0 Å². The van der Waals surface area contributed by atoms with Crippen molar-refractivity contribution >= 4 is 15.9 Å². The molecule has 0 aliphatic rings. The van der Waals surface area contributed by atoms with Gasteiger partial charge in [0.2, 0.25) is 0 Å². The Bertz CT molecular complexity index is 223. The zero-order valence-electron chi connectivity index (χ0n) is 7.62. The lowest BCUT2D eigenvalue weighted by atomic mass is 10.0. The summed E-state index contributed by atoms with van der Waals surface area (Å²) in [5.74, 6) is 0. The van der Waals surface area contributed by atoms with Crippen molar-refractivity contribution < 1.29 is 5.11 Å². The van der Waals surface area contributed by atoms with Gasteiger partial charge in [-0.15, -0.1) is 0 Å². The number of hydrogen-bond acceptors (Lipinski definition) is 1. The van der Waals surface area contributed by atoms with Gasteiger partial charge in [0, 0.05) is 5.33 Å². The molecule has 1 aromatic rings. The molecule has 0 saturated heterocycles. The Kier molecular flexibility index (Phi) is 5.09. The van der Waals surface area contributed by atoms with Gasteiger partial charge in [0.05, 0.1) is 6.10 Å². The third-order valence-electron chi connectivity index (χ3n) is 2.05. The molecular formula is C11H15BrO. The topological polar surface area (TPSA) is 20.2 Å². The fourth-order valence-electron chi connectivity index (χ4n) is 1.27. The molecule has 0 saturated carbocycles. The zero-order valence-corrected chi connectivity index (χ0v) is 9.20. The molecule has 0 heterocycles. The first-order valence-corrected chi connectivity index (χ1v) is 5.75. The second-order valence-electron chi connectivity index (χ2n) is 3.11. The summed E-state index contributed by atoms with van der Waals surface area (Å²) in [6, 6.07) is 9.83. The summed E-state index contributed by atoms with van der Waals surface area (Å²) in [5.41, 5.74) is 1.03. The van der Waals surface area contributed by atoms with Crippen molar-refractivity contribution in [1.82, 2.24) is 0 Å². The SMILES string of the molecule is OC(CCCCBr)c1ccccc1. The smallest absolute Gasteiger partial charge is 0.0790 e. The van der Waals surface area contributed by atoms with E-state index >= 15 is 0 Å². The number of benzene rings is 1. The molecular weight excluding hydrogens is 228 g/mol. The van der Waals surface area contributed by atoms with Crippen LogP contribution in [0.1, 0.15) is 30.9 Å². The number of halogens is 1. The summed E-state index contributed by atoms with van der Waals surface area (Å²) in [7, 11) is 0. The first-order valence-electron chi connectivity index (χ1n) is 4.63. The maximum atomic E-state index is 9.73. The number of alkyl halides is 1. The molecule has 0 aromatic heterocycles. The summed E-state index contributed by atoms with van der Waals surface area (Å²) in [6.07, 6.45) is 2.76. The standard InChI is InChI=1S/C11H15BrO/c12-9-5-4-8-11(13)10-6-2-1-3-7-10/h1-3,6-7,11,13H,4-5,8-9H2. The van der Waals surface area contributed by atoms with Gasteiger partial charge in [-0.3, -0.25) is 0 Å². The zero-order chi connectivity index (χ0) is 9.52. The highest BCUT2D eigenvalue weighted by Gasteiger charge is 2.04. The Balaban J connectivity index is 2.35. The monoisotopic (exact) mass is 242 g/mol. The van der Waals surface area contributed by atoms with Gasteiger partial charge in [-0.25, -0.2) is 0 Å². The first-order chi connectivity index (χ1) is 6.34. The van der Waals surface area contributed by atoms with E-state index in [1.165, 1.54) is 0 Å². The first kappa shape index (κ1) is 10.7. The van der Waals surface area contributed by atoms with Crippen LogP contribution in [0.3, 0.4) is 0 Å². The normalized spacial score (nSPS) is 12.8. The molecule has 72 valence electrons. The molecule has 1 aromatic carbocycles. The minimum absolute atomic E-state index is 0.291. The van der Waals surface area contributed by atoms with Crippen LogP contribution in [0, 0.1) is 0 Å². The summed E-state index contributed by atoms with van der Waals surface area (Å²) in [4.78, 5) is 0. The second-order valence-corrected chi connectivity index (χ2v) is 3.90. The molecule has 0 radical (unpaired) electrons. The molecule has 1 unspecified atom stereocenters. The van der Waals surface area contributed by atoms with Gasteiger partial charge in [-0.2, -0.15) is 0 Å². The van der Waals surface area contributed by atoms with E-state index in [9.17, 15) is 5.11 Å². The highest BCUT2D eigenvalue weighted by molar-refractivity contribution is 9.09. The molecule has 1 rings (SSSR count). The number of hydrogen-bond donors (Lipinski definition) is 1. The number of rotatable bonds is 5. The van der Waals surface area contributed by atoms with Gasteiger partial charge in [0.1, 0.15) is 0 Å². The molecule has 1 nitrogen and oxygen atoms in total. The number of unbranched alkanes of at least 4 members (excludes halogenated alkanes) is 1. The Morgan fingerprint density at radius 1 is 1.15 bits per heavy atom. The van der Waals surface area contributed by atoms with E-state index in [2.05, 4.69) is 15.9 Å². The molecule has 0 aliphatic carbocycles. The Morgan fingerprint density at radius 3 is 2.46 bits per heavy atom. The average Bonchev–Trinajstić information content (AvgIpc) is 2.19. The van der Waals surface area contributed by atoms with Gasteiger partial charge in [-0.05, 0) is 24.8 Å². The molecule has 13 heavy (non-hydrogen) atoms. The number of aliphatic hydroxyl groups excluding tert-OH is 1. The highest BCUT2D eigenvalue weighted by Crippen LogP contribution is 2.18. The van der Waals surface area contributed by atoms with Crippen LogP contribution in [-0.2, 0) is 0 Å². The Morgan fingerprint density at radius 2 is 1.85 bits per heavy atom. The average molecular weight is 243 g/mol. The third kappa shape index (κ3) is 3.92. The van der Waals surface area contributed by atoms with Crippen LogP contribution >= 0.6 is 15.9 Å². The summed E-state index contributed by atoms with van der Waals surface area (Å²) >= 11 is 3.37. The Hall–Kier alpha value is -0.340. The predicted octanol–water partition coefficient (Wildman–Crippen LogP) is 3.29. The van der Waals surface area contributed by atoms with Gasteiger partial charge >= 0.3 is 0 Å². The van der Waals surface area contributed by atoms with E-state index in [1.807, 2.05) is 30.3 Å². The van der Waals surface area contributed by atoms with Crippen LogP contribution in [0.4, 0.5) is 0 Å². The van der Waals surface area contributed by atoms with Crippen LogP contribution in [0.15, 0.2) is 30.3 Å². The van der Waals surface area contributed by atoms with Crippen LogP contribution < -0.4 is 0 Å². The fourth-order valence-corrected chi connectivity index (χ4v) is 1.67. The van der Waals surface area contributed by atoms with Crippen molar-refractivity contribution in [3.8, 4) is 0 Å². The lowest BCUT2D eigenvalue weighted by Gasteiger charge is -2.09. The predicted molar refractivity (Wildman–Crippen MR) is 59.0 cm³/mol. The summed E-state index contributed by atoms with van der Waals surface area (Å²) in [5, 5.41) is 10.8. The lowest BCUT2D eigenvalue weighted by molar-refractivity contribution is 0.164. The van der Waals surface area contributed by atoms with Crippen molar-refractivity contribution in [3.05, 3.63) is 35.9 Å². The second kappa shape index (κ2) is 6.17. The molecule has 0 fully saturated rings. The highest BCUT2D eigenvalue weighted by atomic mass is 79.9. The maximum Gasteiger partial charge on any atom is 0.0790 e. The van der Waals surface area contributed by atoms with Gasteiger partial charge in [0.15, 0.2) is 0 Å². The van der Waals surface area contributed by atoms with Crippen molar-refractivity contribution in [2.75, 3.05) is 5.33 Å². The molecule has 2 heteroatoms. The van der Waals surface area contributed by atoms with Crippen LogP contribution in [0.25, 0.3) is 0 Å². The van der Waals surface area contributed by atoms with Crippen molar-refractivity contribution in [2.45, 2.75) is 25.4 Å². The van der Waals surface area contributed by atoms with Crippen molar-refractivity contribution in [1.29, 1.82) is 0 Å². The van der Waals surface area contributed by atoms with Gasteiger partial charge < -0.3 is 5.11 Å². The Labute approximate surface area is 87.9 Å². The quantitative estimate of drug-likeness (QED) is 0.621. The molecule has 0 amide bonds. The lowest BCUT2D eigenvalue weighted by Crippen LogP contribution is -1.96.